The number of benzene rings is 2. The average molecular weight is 323 g/mol. The van der Waals surface area contributed by atoms with Gasteiger partial charge in [-0.25, -0.2) is 4.98 Å². The largest absolute Gasteiger partial charge is 0.497 e. The summed E-state index contributed by atoms with van der Waals surface area (Å²) in [5, 5.41) is 3.04. The Hall–Kier alpha value is -2.26. The fraction of sp³-hybridized carbons (Fsp3) is 0.211. The molecule has 1 aliphatic rings. The van der Waals surface area contributed by atoms with Gasteiger partial charge in [0.1, 0.15) is 11.6 Å². The first-order chi connectivity index (χ1) is 11.2. The molecule has 5 rings (SSSR count). The number of nitrogens with zero attached hydrogens (tertiary/aromatic N) is 2. The van der Waals surface area contributed by atoms with Gasteiger partial charge in [-0.1, -0.05) is 11.6 Å². The third-order valence-corrected chi connectivity index (χ3v) is 4.89. The van der Waals surface area contributed by atoms with Gasteiger partial charge in [-0.3, -0.25) is 4.40 Å². The summed E-state index contributed by atoms with van der Waals surface area (Å²) in [7, 11) is 1.70. The van der Waals surface area contributed by atoms with E-state index in [-0.39, 0.29) is 0 Å². The molecule has 23 heavy (non-hydrogen) atoms. The van der Waals surface area contributed by atoms with E-state index in [1.165, 1.54) is 29.3 Å². The van der Waals surface area contributed by atoms with Crippen LogP contribution >= 0.6 is 11.6 Å². The van der Waals surface area contributed by atoms with E-state index in [9.17, 15) is 0 Å². The number of hydrogen-bond donors (Lipinski definition) is 0. The molecular weight excluding hydrogens is 308 g/mol. The SMILES string of the molecule is COc1ccc2c(c1)cc1c3ccc(Cl)cc3nc(C3CC3)n21. The normalized spacial score (nSPS) is 14.9. The first-order valence-electron chi connectivity index (χ1n) is 7.83. The Labute approximate surface area is 138 Å². The summed E-state index contributed by atoms with van der Waals surface area (Å²) in [6, 6.07) is 14.4. The van der Waals surface area contributed by atoms with Crippen molar-refractivity contribution < 1.29 is 4.74 Å². The Kier molecular flexibility index (Phi) is 2.65. The molecule has 2 heterocycles. The molecule has 4 aromatic rings. The maximum Gasteiger partial charge on any atom is 0.119 e. The van der Waals surface area contributed by atoms with Crippen LogP contribution in [0.5, 0.6) is 5.75 Å². The molecular formula is C19H15ClN2O. The van der Waals surface area contributed by atoms with Gasteiger partial charge < -0.3 is 4.74 Å². The van der Waals surface area contributed by atoms with Gasteiger partial charge in [0.2, 0.25) is 0 Å². The van der Waals surface area contributed by atoms with Gasteiger partial charge in [-0.2, -0.15) is 0 Å². The molecule has 4 heteroatoms. The maximum atomic E-state index is 6.17. The van der Waals surface area contributed by atoms with Gasteiger partial charge in [0.05, 0.1) is 23.7 Å². The van der Waals surface area contributed by atoms with Crippen molar-refractivity contribution in [1.29, 1.82) is 0 Å². The summed E-state index contributed by atoms with van der Waals surface area (Å²) in [5.74, 6) is 2.58. The lowest BCUT2D eigenvalue weighted by atomic mass is 10.2. The molecule has 1 saturated carbocycles. The van der Waals surface area contributed by atoms with Gasteiger partial charge in [-0.05, 0) is 55.3 Å². The lowest BCUT2D eigenvalue weighted by Crippen LogP contribution is -2.00. The van der Waals surface area contributed by atoms with Crippen molar-refractivity contribution in [2.45, 2.75) is 18.8 Å². The predicted molar refractivity (Wildman–Crippen MR) is 93.7 cm³/mol. The second kappa shape index (κ2) is 4.62. The topological polar surface area (TPSA) is 26.5 Å². The Morgan fingerprint density at radius 2 is 1.96 bits per heavy atom. The van der Waals surface area contributed by atoms with Gasteiger partial charge >= 0.3 is 0 Å². The average Bonchev–Trinajstić information content (AvgIpc) is 3.33. The maximum absolute atomic E-state index is 6.17. The number of methoxy groups -OCH3 is 1. The predicted octanol–water partition coefficient (Wildman–Crippen LogP) is 5.18. The highest BCUT2D eigenvalue weighted by molar-refractivity contribution is 6.31. The third-order valence-electron chi connectivity index (χ3n) is 4.65. The first kappa shape index (κ1) is 13.2. The fourth-order valence-electron chi connectivity index (χ4n) is 3.37. The standard InChI is InChI=1S/C19H15ClN2O/c1-23-14-5-7-17-12(8-14)9-18-15-6-4-13(20)10-16(15)21-19(22(17)18)11-2-3-11/h4-11H,2-3H2,1H3. The minimum atomic E-state index is 0.554. The van der Waals surface area contributed by atoms with Gasteiger partial charge in [0.25, 0.3) is 0 Å². The summed E-state index contributed by atoms with van der Waals surface area (Å²) >= 11 is 6.17. The van der Waals surface area contributed by atoms with Gasteiger partial charge in [0.15, 0.2) is 0 Å². The van der Waals surface area contributed by atoms with E-state index in [1.54, 1.807) is 7.11 Å². The zero-order valence-corrected chi connectivity index (χ0v) is 13.5. The first-order valence-corrected chi connectivity index (χ1v) is 8.21. The van der Waals surface area contributed by atoms with Crippen LogP contribution in [-0.2, 0) is 0 Å². The summed E-state index contributed by atoms with van der Waals surface area (Å²) in [4.78, 5) is 4.94. The molecule has 0 radical (unpaired) electrons. The second-order valence-corrected chi connectivity index (χ2v) is 6.63. The van der Waals surface area contributed by atoms with Crippen LogP contribution in [0.2, 0.25) is 5.02 Å². The smallest absolute Gasteiger partial charge is 0.119 e. The van der Waals surface area contributed by atoms with Crippen LogP contribution < -0.4 is 4.74 Å². The number of hydrogen-bond acceptors (Lipinski definition) is 2. The lowest BCUT2D eigenvalue weighted by Gasteiger charge is -2.09. The Morgan fingerprint density at radius 1 is 1.09 bits per heavy atom. The van der Waals surface area contributed by atoms with Crippen LogP contribution in [0.4, 0.5) is 0 Å². The van der Waals surface area contributed by atoms with Crippen LogP contribution in [0.25, 0.3) is 27.3 Å². The van der Waals surface area contributed by atoms with Crippen LogP contribution in [-0.4, -0.2) is 16.5 Å². The number of aromatic nitrogens is 2. The van der Waals surface area contributed by atoms with Crippen LogP contribution in [0.15, 0.2) is 42.5 Å². The van der Waals surface area contributed by atoms with Crippen molar-refractivity contribution in [3.63, 3.8) is 0 Å². The molecule has 1 fully saturated rings. The van der Waals surface area contributed by atoms with Crippen molar-refractivity contribution in [3.8, 4) is 5.75 Å². The van der Waals surface area contributed by atoms with Crippen molar-refractivity contribution >= 4 is 38.9 Å². The van der Waals surface area contributed by atoms with Crippen molar-refractivity contribution in [2.24, 2.45) is 0 Å². The van der Waals surface area contributed by atoms with Crippen LogP contribution in [0, 0.1) is 0 Å². The molecule has 2 aromatic carbocycles. The van der Waals surface area contributed by atoms with Crippen molar-refractivity contribution in [1.82, 2.24) is 9.38 Å². The summed E-state index contributed by atoms with van der Waals surface area (Å²) < 4.78 is 7.68. The number of rotatable bonds is 2. The van der Waals surface area contributed by atoms with E-state index in [2.05, 4.69) is 28.7 Å². The number of ether oxygens (including phenoxy) is 1. The highest BCUT2D eigenvalue weighted by Gasteiger charge is 2.29. The third kappa shape index (κ3) is 1.93. The zero-order valence-electron chi connectivity index (χ0n) is 12.7. The monoisotopic (exact) mass is 322 g/mol. The molecule has 0 bridgehead atoms. The van der Waals surface area contributed by atoms with Crippen LogP contribution in [0.3, 0.4) is 0 Å². The van der Waals surface area contributed by atoms with E-state index in [0.29, 0.717) is 5.92 Å². The molecule has 114 valence electrons. The zero-order chi connectivity index (χ0) is 15.6. The minimum absolute atomic E-state index is 0.554. The molecule has 3 nitrogen and oxygen atoms in total. The fourth-order valence-corrected chi connectivity index (χ4v) is 3.53. The summed E-state index contributed by atoms with van der Waals surface area (Å²) in [5.41, 5.74) is 3.35. The molecule has 0 saturated heterocycles. The Bertz CT molecular complexity index is 1080. The van der Waals surface area contributed by atoms with Crippen LogP contribution in [0.1, 0.15) is 24.6 Å². The quantitative estimate of drug-likeness (QED) is 0.508. The number of fused-ring (bicyclic) bond motifs is 5. The van der Waals surface area contributed by atoms with Crippen molar-refractivity contribution in [3.05, 3.63) is 53.3 Å². The molecule has 0 N–H and O–H groups in total. The highest BCUT2D eigenvalue weighted by atomic mass is 35.5. The van der Waals surface area contributed by atoms with E-state index in [1.807, 2.05) is 18.2 Å². The van der Waals surface area contributed by atoms with E-state index < -0.39 is 0 Å². The Morgan fingerprint density at radius 3 is 2.74 bits per heavy atom. The van der Waals surface area contributed by atoms with E-state index in [0.717, 1.165) is 27.5 Å². The van der Waals surface area contributed by atoms with Crippen molar-refractivity contribution in [2.75, 3.05) is 7.11 Å². The molecule has 1 aliphatic carbocycles. The summed E-state index contributed by atoms with van der Waals surface area (Å²) in [6.07, 6.45) is 2.42. The van der Waals surface area contributed by atoms with Gasteiger partial charge in [-0.15, -0.1) is 0 Å². The molecule has 0 atom stereocenters. The molecule has 0 amide bonds. The lowest BCUT2D eigenvalue weighted by molar-refractivity contribution is 0.415. The second-order valence-electron chi connectivity index (χ2n) is 6.20. The minimum Gasteiger partial charge on any atom is -0.497 e. The van der Waals surface area contributed by atoms with E-state index in [4.69, 9.17) is 21.3 Å². The Balaban J connectivity index is 1.98. The summed E-state index contributed by atoms with van der Waals surface area (Å²) in [6.45, 7) is 0. The van der Waals surface area contributed by atoms with E-state index >= 15 is 0 Å². The number of halogens is 1. The molecule has 0 spiro atoms. The molecule has 2 aromatic heterocycles. The molecule has 0 unspecified atom stereocenters. The highest BCUT2D eigenvalue weighted by Crippen LogP contribution is 2.42. The van der Waals surface area contributed by atoms with Gasteiger partial charge in [0, 0.05) is 21.7 Å². The molecule has 0 aliphatic heterocycles.